The SMILES string of the molecule is CC(=O)NCCc1ccc(C(=O)CSc2nc3ccccc3o2)s1. The van der Waals surface area contributed by atoms with Gasteiger partial charge in [0.1, 0.15) is 5.52 Å². The van der Waals surface area contributed by atoms with Gasteiger partial charge < -0.3 is 9.73 Å². The van der Waals surface area contributed by atoms with Gasteiger partial charge in [0.05, 0.1) is 10.6 Å². The highest BCUT2D eigenvalue weighted by molar-refractivity contribution is 7.99. The van der Waals surface area contributed by atoms with Crippen molar-refractivity contribution in [3.8, 4) is 0 Å². The van der Waals surface area contributed by atoms with Gasteiger partial charge in [0.25, 0.3) is 5.22 Å². The Morgan fingerprint density at radius 1 is 1.25 bits per heavy atom. The molecule has 0 saturated carbocycles. The maximum absolute atomic E-state index is 12.3. The fraction of sp³-hybridized carbons (Fsp3) is 0.235. The summed E-state index contributed by atoms with van der Waals surface area (Å²) in [7, 11) is 0. The van der Waals surface area contributed by atoms with Crippen LogP contribution in [-0.2, 0) is 11.2 Å². The molecule has 0 unspecified atom stereocenters. The molecule has 1 amide bonds. The number of nitrogens with one attached hydrogen (secondary N) is 1. The van der Waals surface area contributed by atoms with Gasteiger partial charge >= 0.3 is 0 Å². The predicted octanol–water partition coefficient (Wildman–Crippen LogP) is 3.54. The molecule has 5 nitrogen and oxygen atoms in total. The molecular weight excluding hydrogens is 344 g/mol. The topological polar surface area (TPSA) is 72.2 Å². The number of fused-ring (bicyclic) bond motifs is 1. The average molecular weight is 360 g/mol. The van der Waals surface area contributed by atoms with E-state index in [1.807, 2.05) is 36.4 Å². The van der Waals surface area contributed by atoms with Crippen molar-refractivity contribution in [3.63, 3.8) is 0 Å². The van der Waals surface area contributed by atoms with E-state index in [4.69, 9.17) is 4.42 Å². The van der Waals surface area contributed by atoms with Crippen LogP contribution in [0, 0.1) is 0 Å². The highest BCUT2D eigenvalue weighted by Gasteiger charge is 2.13. The first-order valence-electron chi connectivity index (χ1n) is 7.46. The van der Waals surface area contributed by atoms with E-state index in [2.05, 4.69) is 10.3 Å². The van der Waals surface area contributed by atoms with E-state index in [1.54, 1.807) is 0 Å². The fourth-order valence-electron chi connectivity index (χ4n) is 2.14. The molecule has 0 spiro atoms. The summed E-state index contributed by atoms with van der Waals surface area (Å²) in [5.41, 5.74) is 1.52. The highest BCUT2D eigenvalue weighted by atomic mass is 32.2. The molecule has 3 rings (SSSR count). The quantitative estimate of drug-likeness (QED) is 0.515. The lowest BCUT2D eigenvalue weighted by atomic mass is 10.3. The summed E-state index contributed by atoms with van der Waals surface area (Å²) in [6.45, 7) is 2.08. The van der Waals surface area contributed by atoms with Gasteiger partial charge in [-0.25, -0.2) is 4.98 Å². The lowest BCUT2D eigenvalue weighted by Crippen LogP contribution is -2.22. The largest absolute Gasteiger partial charge is 0.431 e. The first-order chi connectivity index (χ1) is 11.6. The van der Waals surface area contributed by atoms with Gasteiger partial charge in [-0.2, -0.15) is 0 Å². The molecule has 0 bridgehead atoms. The Kier molecular flexibility index (Phi) is 5.32. The number of oxazole rings is 1. The molecule has 0 radical (unpaired) electrons. The number of carbonyl (C=O) groups excluding carboxylic acids is 2. The zero-order valence-corrected chi connectivity index (χ0v) is 14.7. The predicted molar refractivity (Wildman–Crippen MR) is 95.8 cm³/mol. The van der Waals surface area contributed by atoms with Crippen LogP contribution in [0.4, 0.5) is 0 Å². The van der Waals surface area contributed by atoms with Crippen molar-refractivity contribution in [1.82, 2.24) is 10.3 Å². The number of benzene rings is 1. The number of ketones is 1. The average Bonchev–Trinajstić information content (AvgIpc) is 3.18. The number of hydrogen-bond donors (Lipinski definition) is 1. The number of hydrogen-bond acceptors (Lipinski definition) is 6. The number of rotatable bonds is 7. The van der Waals surface area contributed by atoms with Crippen LogP contribution in [0.2, 0.25) is 0 Å². The van der Waals surface area contributed by atoms with Crippen LogP contribution in [0.5, 0.6) is 0 Å². The number of Topliss-reactive ketones (excluding diaryl/α,β-unsaturated/α-hetero) is 1. The molecule has 0 aliphatic carbocycles. The van der Waals surface area contributed by atoms with Crippen LogP contribution in [-0.4, -0.2) is 29.0 Å². The molecule has 7 heteroatoms. The maximum atomic E-state index is 12.3. The van der Waals surface area contributed by atoms with Crippen LogP contribution in [0.3, 0.4) is 0 Å². The van der Waals surface area contributed by atoms with Crippen LogP contribution in [0.25, 0.3) is 11.1 Å². The summed E-state index contributed by atoms with van der Waals surface area (Å²) in [6.07, 6.45) is 0.732. The molecule has 0 atom stereocenters. The van der Waals surface area contributed by atoms with Gasteiger partial charge in [0.2, 0.25) is 5.91 Å². The Morgan fingerprint density at radius 2 is 2.08 bits per heavy atom. The van der Waals surface area contributed by atoms with E-state index < -0.39 is 0 Å². The number of carbonyl (C=O) groups is 2. The third-order valence-corrected chi connectivity index (χ3v) is 5.30. The molecule has 3 aromatic rings. The Bertz CT molecular complexity index is 836. The molecule has 0 saturated heterocycles. The zero-order chi connectivity index (χ0) is 16.9. The second kappa shape index (κ2) is 7.63. The summed E-state index contributed by atoms with van der Waals surface area (Å²) in [4.78, 5) is 29.3. The number of thioether (sulfide) groups is 1. The Hall–Kier alpha value is -2.12. The number of nitrogens with zero attached hydrogens (tertiary/aromatic N) is 1. The van der Waals surface area contributed by atoms with Crippen molar-refractivity contribution in [3.05, 3.63) is 46.2 Å². The van der Waals surface area contributed by atoms with Crippen molar-refractivity contribution in [2.75, 3.05) is 12.3 Å². The molecule has 124 valence electrons. The monoisotopic (exact) mass is 360 g/mol. The lowest BCUT2D eigenvalue weighted by molar-refractivity contribution is -0.118. The van der Waals surface area contributed by atoms with Crippen molar-refractivity contribution >= 4 is 45.9 Å². The number of amides is 1. The summed E-state index contributed by atoms with van der Waals surface area (Å²) in [5.74, 6) is 0.300. The molecule has 0 aliphatic heterocycles. The van der Waals surface area contributed by atoms with E-state index in [0.29, 0.717) is 17.5 Å². The molecular formula is C17H16N2O3S2. The summed E-state index contributed by atoms with van der Waals surface area (Å²) < 4.78 is 5.60. The standard InChI is InChI=1S/C17H16N2O3S2/c1-11(20)18-9-8-12-6-7-16(24-12)14(21)10-23-17-19-13-4-2-3-5-15(13)22-17/h2-7H,8-10H2,1H3,(H,18,20). The minimum absolute atomic E-state index is 0.0439. The van der Waals surface area contributed by atoms with E-state index in [1.165, 1.54) is 30.0 Å². The number of thiophene rings is 1. The zero-order valence-electron chi connectivity index (χ0n) is 13.1. The van der Waals surface area contributed by atoms with Gasteiger partial charge in [-0.05, 0) is 30.7 Å². The van der Waals surface area contributed by atoms with Gasteiger partial charge in [0.15, 0.2) is 11.4 Å². The van der Waals surface area contributed by atoms with Crippen molar-refractivity contribution in [1.29, 1.82) is 0 Å². The normalized spacial score (nSPS) is 10.9. The summed E-state index contributed by atoms with van der Waals surface area (Å²) >= 11 is 2.77. The van der Waals surface area contributed by atoms with Gasteiger partial charge in [-0.15, -0.1) is 11.3 Å². The second-order valence-electron chi connectivity index (χ2n) is 5.16. The molecule has 24 heavy (non-hydrogen) atoms. The highest BCUT2D eigenvalue weighted by Crippen LogP contribution is 2.25. The Morgan fingerprint density at radius 3 is 2.88 bits per heavy atom. The van der Waals surface area contributed by atoms with Crippen molar-refractivity contribution in [2.45, 2.75) is 18.6 Å². The maximum Gasteiger partial charge on any atom is 0.257 e. The van der Waals surface area contributed by atoms with Crippen molar-refractivity contribution in [2.24, 2.45) is 0 Å². The van der Waals surface area contributed by atoms with Gasteiger partial charge in [0, 0.05) is 18.3 Å². The van der Waals surface area contributed by atoms with Gasteiger partial charge in [-0.1, -0.05) is 23.9 Å². The molecule has 2 heterocycles. The van der Waals surface area contributed by atoms with E-state index in [9.17, 15) is 9.59 Å². The molecule has 1 N–H and O–H groups in total. The molecule has 0 fully saturated rings. The molecule has 2 aromatic heterocycles. The first-order valence-corrected chi connectivity index (χ1v) is 9.27. The van der Waals surface area contributed by atoms with Crippen LogP contribution >= 0.6 is 23.1 Å². The minimum atomic E-state index is -0.0439. The van der Waals surface area contributed by atoms with Crippen LogP contribution in [0.1, 0.15) is 21.5 Å². The molecule has 1 aromatic carbocycles. The third-order valence-electron chi connectivity index (χ3n) is 3.28. The van der Waals surface area contributed by atoms with E-state index >= 15 is 0 Å². The number of para-hydroxylation sites is 2. The Balaban J connectivity index is 1.55. The smallest absolute Gasteiger partial charge is 0.257 e. The third kappa shape index (κ3) is 4.24. The lowest BCUT2D eigenvalue weighted by Gasteiger charge is -1.99. The molecule has 0 aliphatic rings. The summed E-state index contributed by atoms with van der Waals surface area (Å²) in [6, 6.07) is 11.3. The second-order valence-corrected chi connectivity index (χ2v) is 7.25. The van der Waals surface area contributed by atoms with E-state index in [-0.39, 0.29) is 11.7 Å². The van der Waals surface area contributed by atoms with Gasteiger partial charge in [-0.3, -0.25) is 9.59 Å². The number of aromatic nitrogens is 1. The van der Waals surface area contributed by atoms with Crippen molar-refractivity contribution < 1.29 is 14.0 Å². The first kappa shape index (κ1) is 16.7. The summed E-state index contributed by atoms with van der Waals surface area (Å²) in [5, 5.41) is 3.26. The fourth-order valence-corrected chi connectivity index (χ4v) is 3.89. The minimum Gasteiger partial charge on any atom is -0.431 e. The van der Waals surface area contributed by atoms with Crippen LogP contribution < -0.4 is 5.32 Å². The van der Waals surface area contributed by atoms with E-state index in [0.717, 1.165) is 27.3 Å². The Labute approximate surface area is 147 Å². The van der Waals surface area contributed by atoms with Crippen LogP contribution in [0.15, 0.2) is 46.0 Å².